The maximum Gasteiger partial charge on any atom is 0.352 e. The zero-order valence-corrected chi connectivity index (χ0v) is 10.5. The van der Waals surface area contributed by atoms with E-state index in [2.05, 4.69) is 10.6 Å². The molecule has 0 saturated carbocycles. The molecule has 1 aliphatic heterocycles. The van der Waals surface area contributed by atoms with Gasteiger partial charge in [0, 0.05) is 22.7 Å². The van der Waals surface area contributed by atoms with Crippen molar-refractivity contribution in [3.05, 3.63) is 50.7 Å². The van der Waals surface area contributed by atoms with Crippen molar-refractivity contribution in [1.29, 1.82) is 0 Å². The number of hydrogen-bond donors (Lipinski definition) is 3. The molecule has 1 aliphatic rings. The van der Waals surface area contributed by atoms with Gasteiger partial charge in [0.05, 0.1) is 11.0 Å². The van der Waals surface area contributed by atoms with Crippen LogP contribution in [0.2, 0.25) is 5.02 Å². The van der Waals surface area contributed by atoms with Crippen molar-refractivity contribution in [2.24, 2.45) is 0 Å². The van der Waals surface area contributed by atoms with E-state index >= 15 is 0 Å². The predicted octanol–water partition coefficient (Wildman–Crippen LogP) is 1.57. The number of nitro benzene ring substituents is 1. The van der Waals surface area contributed by atoms with Crippen LogP contribution in [0.4, 0.5) is 10.5 Å². The summed E-state index contributed by atoms with van der Waals surface area (Å²) >= 11 is 5.94. The van der Waals surface area contributed by atoms with Gasteiger partial charge >= 0.3 is 12.0 Å². The molecule has 9 heteroatoms. The van der Waals surface area contributed by atoms with Crippen LogP contribution >= 0.6 is 11.6 Å². The Hall–Kier alpha value is -2.61. The number of amides is 2. The van der Waals surface area contributed by atoms with Gasteiger partial charge in [-0.1, -0.05) is 11.6 Å². The second kappa shape index (κ2) is 5.17. The van der Waals surface area contributed by atoms with E-state index in [1.807, 2.05) is 0 Å². The van der Waals surface area contributed by atoms with Crippen LogP contribution in [-0.4, -0.2) is 22.0 Å². The topological polar surface area (TPSA) is 122 Å². The summed E-state index contributed by atoms with van der Waals surface area (Å²) in [7, 11) is 0. The number of carboxylic acids is 1. The van der Waals surface area contributed by atoms with E-state index in [1.165, 1.54) is 24.3 Å². The Labute approximate surface area is 117 Å². The molecule has 0 aliphatic carbocycles. The lowest BCUT2D eigenvalue weighted by molar-refractivity contribution is -0.384. The molecule has 0 unspecified atom stereocenters. The van der Waals surface area contributed by atoms with Crippen LogP contribution in [0.1, 0.15) is 11.6 Å². The molecule has 0 bridgehead atoms. The van der Waals surface area contributed by atoms with E-state index in [9.17, 15) is 19.7 Å². The lowest BCUT2D eigenvalue weighted by atomic mass is 10.0. The minimum atomic E-state index is -1.31. The first-order valence-electron chi connectivity index (χ1n) is 5.35. The second-order valence-corrected chi connectivity index (χ2v) is 4.33. The Balaban J connectivity index is 2.47. The molecule has 0 fully saturated rings. The van der Waals surface area contributed by atoms with Crippen LogP contribution in [0.15, 0.2) is 30.0 Å². The molecule has 8 nitrogen and oxygen atoms in total. The highest BCUT2D eigenvalue weighted by Crippen LogP contribution is 2.29. The van der Waals surface area contributed by atoms with Crippen molar-refractivity contribution in [3.63, 3.8) is 0 Å². The summed E-state index contributed by atoms with van der Waals surface area (Å²) in [6, 6.07) is 2.14. The number of nitrogens with zero attached hydrogens (tertiary/aromatic N) is 1. The van der Waals surface area contributed by atoms with Crippen LogP contribution in [0.25, 0.3) is 0 Å². The number of hydrogen-bond acceptors (Lipinski definition) is 4. The van der Waals surface area contributed by atoms with Gasteiger partial charge in [0.2, 0.25) is 0 Å². The van der Waals surface area contributed by atoms with Gasteiger partial charge in [0.1, 0.15) is 5.70 Å². The number of nitro groups is 1. The van der Waals surface area contributed by atoms with Gasteiger partial charge in [-0.3, -0.25) is 10.1 Å². The molecule has 3 N–H and O–H groups in total. The molecule has 20 heavy (non-hydrogen) atoms. The number of aliphatic carboxylic acids is 1. The number of carboxylic acid groups (broad SMARTS) is 1. The molecular weight excluding hydrogens is 290 g/mol. The molecule has 0 saturated heterocycles. The van der Waals surface area contributed by atoms with Crippen LogP contribution < -0.4 is 10.6 Å². The highest BCUT2D eigenvalue weighted by molar-refractivity contribution is 6.31. The van der Waals surface area contributed by atoms with Crippen LogP contribution in [0.5, 0.6) is 0 Å². The summed E-state index contributed by atoms with van der Waals surface area (Å²) in [6.07, 6.45) is 1.22. The van der Waals surface area contributed by atoms with Gasteiger partial charge in [-0.25, -0.2) is 9.59 Å². The summed E-state index contributed by atoms with van der Waals surface area (Å²) in [5, 5.41) is 24.3. The lowest BCUT2D eigenvalue weighted by Crippen LogP contribution is -2.43. The third-order valence-electron chi connectivity index (χ3n) is 2.62. The third kappa shape index (κ3) is 2.69. The number of nitrogens with one attached hydrogen (secondary N) is 2. The predicted molar refractivity (Wildman–Crippen MR) is 68.2 cm³/mol. The number of carbonyl (C=O) groups excluding carboxylic acids is 1. The highest BCUT2D eigenvalue weighted by atomic mass is 35.5. The Kier molecular flexibility index (Phi) is 3.57. The van der Waals surface area contributed by atoms with Gasteiger partial charge < -0.3 is 15.7 Å². The van der Waals surface area contributed by atoms with Gasteiger partial charge in [0.15, 0.2) is 0 Å². The Morgan fingerprint density at radius 1 is 1.45 bits per heavy atom. The molecule has 104 valence electrons. The second-order valence-electron chi connectivity index (χ2n) is 3.92. The number of non-ortho nitro benzene ring substituents is 1. The minimum absolute atomic E-state index is 0.184. The Morgan fingerprint density at radius 2 is 2.15 bits per heavy atom. The Bertz CT molecular complexity index is 643. The molecule has 1 heterocycles. The van der Waals surface area contributed by atoms with Crippen molar-refractivity contribution >= 4 is 29.3 Å². The summed E-state index contributed by atoms with van der Waals surface area (Å²) in [4.78, 5) is 32.4. The highest BCUT2D eigenvalue weighted by Gasteiger charge is 2.25. The standard InChI is InChI=1S/C11H8ClN3O5/c12-7-2-1-5(15(19)20)3-6(7)8-4-9(10(16)17)14-11(18)13-8/h1-4,8H,(H,16,17)(H2,13,14,18)/t8-/m1/s1. The van der Waals surface area contributed by atoms with Gasteiger partial charge in [-0.15, -0.1) is 0 Å². The number of halogens is 1. The van der Waals surface area contributed by atoms with Crippen molar-refractivity contribution in [3.8, 4) is 0 Å². The van der Waals surface area contributed by atoms with Gasteiger partial charge in [-0.05, 0) is 12.1 Å². The Morgan fingerprint density at radius 3 is 2.75 bits per heavy atom. The zero-order valence-electron chi connectivity index (χ0n) is 9.79. The first kappa shape index (κ1) is 13.8. The summed E-state index contributed by atoms with van der Waals surface area (Å²) in [5.41, 5.74) is -0.279. The molecule has 1 aromatic rings. The maximum absolute atomic E-state index is 11.4. The molecule has 0 spiro atoms. The van der Waals surface area contributed by atoms with Crippen LogP contribution in [0.3, 0.4) is 0 Å². The smallest absolute Gasteiger partial charge is 0.352 e. The quantitative estimate of drug-likeness (QED) is 0.577. The first-order valence-corrected chi connectivity index (χ1v) is 5.72. The van der Waals surface area contributed by atoms with E-state index in [1.54, 1.807) is 0 Å². The van der Waals surface area contributed by atoms with E-state index in [0.29, 0.717) is 0 Å². The monoisotopic (exact) mass is 297 g/mol. The van der Waals surface area contributed by atoms with Crippen molar-refractivity contribution in [2.45, 2.75) is 6.04 Å². The molecule has 1 aromatic carbocycles. The molecule has 2 rings (SSSR count). The normalized spacial score (nSPS) is 17.8. The van der Waals surface area contributed by atoms with Crippen molar-refractivity contribution in [1.82, 2.24) is 10.6 Å². The average Bonchev–Trinajstić information content (AvgIpc) is 2.38. The fourth-order valence-corrected chi connectivity index (χ4v) is 1.96. The number of carbonyl (C=O) groups is 2. The third-order valence-corrected chi connectivity index (χ3v) is 2.97. The molecule has 0 radical (unpaired) electrons. The largest absolute Gasteiger partial charge is 0.477 e. The molecular formula is C11H8ClN3O5. The molecule has 2 amide bonds. The fourth-order valence-electron chi connectivity index (χ4n) is 1.72. The summed E-state index contributed by atoms with van der Waals surface area (Å²) in [6.45, 7) is 0. The van der Waals surface area contributed by atoms with Gasteiger partial charge in [-0.2, -0.15) is 0 Å². The van der Waals surface area contributed by atoms with E-state index < -0.39 is 23.0 Å². The number of benzene rings is 1. The summed E-state index contributed by atoms with van der Waals surface area (Å²) in [5.74, 6) is -1.31. The molecule has 0 aromatic heterocycles. The van der Waals surface area contributed by atoms with E-state index in [0.717, 1.165) is 0 Å². The molecule has 1 atom stereocenters. The fraction of sp³-hybridized carbons (Fsp3) is 0.0909. The van der Waals surface area contributed by atoms with E-state index in [4.69, 9.17) is 16.7 Å². The maximum atomic E-state index is 11.4. The minimum Gasteiger partial charge on any atom is -0.477 e. The van der Waals surface area contributed by atoms with E-state index in [-0.39, 0.29) is 22.0 Å². The number of urea groups is 1. The summed E-state index contributed by atoms with van der Waals surface area (Å²) < 4.78 is 0. The SMILES string of the molecule is O=C1NC(C(=O)O)=C[C@H](c2cc([N+](=O)[O-])ccc2Cl)N1. The lowest BCUT2D eigenvalue weighted by Gasteiger charge is -2.22. The first-order chi connectivity index (χ1) is 9.38. The van der Waals surface area contributed by atoms with Crippen LogP contribution in [0, 0.1) is 10.1 Å². The average molecular weight is 298 g/mol. The number of rotatable bonds is 3. The van der Waals surface area contributed by atoms with Crippen molar-refractivity contribution < 1.29 is 19.6 Å². The van der Waals surface area contributed by atoms with Crippen LogP contribution in [-0.2, 0) is 4.79 Å². The van der Waals surface area contributed by atoms with Gasteiger partial charge in [0.25, 0.3) is 5.69 Å². The van der Waals surface area contributed by atoms with Crippen molar-refractivity contribution in [2.75, 3.05) is 0 Å². The zero-order chi connectivity index (χ0) is 14.9.